The third-order valence-corrected chi connectivity index (χ3v) is 5.65. The van der Waals surface area contributed by atoms with E-state index in [1.54, 1.807) is 36.4 Å². The summed E-state index contributed by atoms with van der Waals surface area (Å²) >= 11 is 7.03. The van der Waals surface area contributed by atoms with E-state index in [0.717, 1.165) is 16.7 Å². The van der Waals surface area contributed by atoms with Crippen LogP contribution in [0.3, 0.4) is 0 Å². The smallest absolute Gasteiger partial charge is 0.294 e. The summed E-state index contributed by atoms with van der Waals surface area (Å²) in [7, 11) is 1.48. The van der Waals surface area contributed by atoms with Gasteiger partial charge in [0.1, 0.15) is 12.3 Å². The SMILES string of the molecule is CCOc1ccc(NC(=O)CN2C(=O)S/C(=C/c3cc(Cl)c(OCC)c(OC)c3)C2=O)cc1. The number of carbonyl (C=O) groups is 3. The zero-order chi connectivity index (χ0) is 24.0. The second-order valence-electron chi connectivity index (χ2n) is 6.74. The molecule has 0 atom stereocenters. The van der Waals surface area contributed by atoms with Gasteiger partial charge in [-0.2, -0.15) is 0 Å². The number of amides is 3. The topological polar surface area (TPSA) is 94.2 Å². The molecular formula is C23H23ClN2O6S. The van der Waals surface area contributed by atoms with Crippen molar-refractivity contribution in [2.45, 2.75) is 13.8 Å². The normalized spacial score (nSPS) is 14.5. The summed E-state index contributed by atoms with van der Waals surface area (Å²) in [6.45, 7) is 4.25. The molecule has 33 heavy (non-hydrogen) atoms. The number of thioether (sulfide) groups is 1. The van der Waals surface area contributed by atoms with E-state index in [4.69, 9.17) is 25.8 Å². The fraction of sp³-hybridized carbons (Fsp3) is 0.261. The van der Waals surface area contributed by atoms with Gasteiger partial charge in [-0.3, -0.25) is 19.3 Å². The molecule has 2 aromatic rings. The number of hydrogen-bond donors (Lipinski definition) is 1. The molecular weight excluding hydrogens is 468 g/mol. The van der Waals surface area contributed by atoms with Gasteiger partial charge in [-0.1, -0.05) is 11.6 Å². The predicted molar refractivity (Wildman–Crippen MR) is 128 cm³/mol. The van der Waals surface area contributed by atoms with Crippen LogP contribution in [0.4, 0.5) is 10.5 Å². The van der Waals surface area contributed by atoms with Crippen LogP contribution in [0, 0.1) is 0 Å². The molecule has 0 bridgehead atoms. The zero-order valence-electron chi connectivity index (χ0n) is 18.3. The van der Waals surface area contributed by atoms with Crippen LogP contribution < -0.4 is 19.5 Å². The number of rotatable bonds is 9. The molecule has 3 rings (SSSR count). The molecule has 1 aliphatic rings. The fourth-order valence-electron chi connectivity index (χ4n) is 3.04. The summed E-state index contributed by atoms with van der Waals surface area (Å²) in [6, 6.07) is 10.1. The lowest BCUT2D eigenvalue weighted by Gasteiger charge is -2.13. The summed E-state index contributed by atoms with van der Waals surface area (Å²) in [6.07, 6.45) is 1.53. The molecule has 1 fully saturated rings. The quantitative estimate of drug-likeness (QED) is 0.503. The van der Waals surface area contributed by atoms with Crippen LogP contribution in [0.25, 0.3) is 6.08 Å². The Morgan fingerprint density at radius 1 is 1.12 bits per heavy atom. The van der Waals surface area contributed by atoms with E-state index in [1.807, 2.05) is 13.8 Å². The van der Waals surface area contributed by atoms with Crippen LogP contribution in [0.2, 0.25) is 5.02 Å². The maximum Gasteiger partial charge on any atom is 0.294 e. The molecule has 1 saturated heterocycles. The first-order valence-corrected chi connectivity index (χ1v) is 11.3. The van der Waals surface area contributed by atoms with Gasteiger partial charge in [0, 0.05) is 5.69 Å². The number of halogens is 1. The first-order chi connectivity index (χ1) is 15.9. The monoisotopic (exact) mass is 490 g/mol. The second kappa shape index (κ2) is 11.1. The molecule has 0 unspecified atom stereocenters. The van der Waals surface area contributed by atoms with Crippen molar-refractivity contribution in [1.82, 2.24) is 4.90 Å². The average molecular weight is 491 g/mol. The minimum absolute atomic E-state index is 0.177. The molecule has 3 amide bonds. The van der Waals surface area contributed by atoms with E-state index in [2.05, 4.69) is 5.32 Å². The molecule has 1 aliphatic heterocycles. The summed E-state index contributed by atoms with van der Waals surface area (Å²) in [5, 5.41) is 2.45. The van der Waals surface area contributed by atoms with E-state index in [-0.39, 0.29) is 4.91 Å². The van der Waals surface area contributed by atoms with E-state index >= 15 is 0 Å². The number of nitrogens with one attached hydrogen (secondary N) is 1. The van der Waals surface area contributed by atoms with Crippen LogP contribution in [0.1, 0.15) is 19.4 Å². The largest absolute Gasteiger partial charge is 0.494 e. The Morgan fingerprint density at radius 3 is 2.45 bits per heavy atom. The molecule has 1 heterocycles. The van der Waals surface area contributed by atoms with Crippen molar-refractivity contribution in [2.75, 3.05) is 32.2 Å². The Labute approximate surface area is 200 Å². The Kier molecular flexibility index (Phi) is 8.24. The third-order valence-electron chi connectivity index (χ3n) is 4.46. The highest BCUT2D eigenvalue weighted by atomic mass is 35.5. The maximum atomic E-state index is 12.8. The number of methoxy groups -OCH3 is 1. The van der Waals surface area contributed by atoms with E-state index in [9.17, 15) is 14.4 Å². The first-order valence-electron chi connectivity index (χ1n) is 10.1. The molecule has 0 aromatic heterocycles. The molecule has 1 N–H and O–H groups in total. The fourth-order valence-corrected chi connectivity index (χ4v) is 4.15. The van der Waals surface area contributed by atoms with Gasteiger partial charge in [0.15, 0.2) is 11.5 Å². The highest BCUT2D eigenvalue weighted by Gasteiger charge is 2.36. The molecule has 8 nitrogen and oxygen atoms in total. The van der Waals surface area contributed by atoms with Gasteiger partial charge >= 0.3 is 0 Å². The van der Waals surface area contributed by atoms with Gasteiger partial charge in [-0.25, -0.2) is 0 Å². The number of benzene rings is 2. The van der Waals surface area contributed by atoms with Gasteiger partial charge in [0.2, 0.25) is 5.91 Å². The molecule has 174 valence electrons. The second-order valence-corrected chi connectivity index (χ2v) is 8.14. The van der Waals surface area contributed by atoms with Crippen molar-refractivity contribution in [3.63, 3.8) is 0 Å². The maximum absolute atomic E-state index is 12.8. The molecule has 10 heteroatoms. The summed E-state index contributed by atoms with van der Waals surface area (Å²) in [5.74, 6) is 0.435. The van der Waals surface area contributed by atoms with Gasteiger partial charge in [0.05, 0.1) is 30.3 Å². The summed E-state index contributed by atoms with van der Waals surface area (Å²) in [4.78, 5) is 38.6. The van der Waals surface area contributed by atoms with Crippen LogP contribution in [0.15, 0.2) is 41.3 Å². The van der Waals surface area contributed by atoms with Crippen molar-refractivity contribution < 1.29 is 28.6 Å². The number of ether oxygens (including phenoxy) is 3. The van der Waals surface area contributed by atoms with Crippen LogP contribution in [-0.4, -0.2) is 48.8 Å². The summed E-state index contributed by atoms with van der Waals surface area (Å²) < 4.78 is 16.2. The lowest BCUT2D eigenvalue weighted by atomic mass is 10.1. The summed E-state index contributed by atoms with van der Waals surface area (Å²) in [5.41, 5.74) is 1.09. The Morgan fingerprint density at radius 2 is 1.82 bits per heavy atom. The van der Waals surface area contributed by atoms with Gasteiger partial charge in [0.25, 0.3) is 11.1 Å². The zero-order valence-corrected chi connectivity index (χ0v) is 19.9. The van der Waals surface area contributed by atoms with Crippen molar-refractivity contribution >= 4 is 52.2 Å². The van der Waals surface area contributed by atoms with Crippen LogP contribution in [0.5, 0.6) is 17.2 Å². The predicted octanol–water partition coefficient (Wildman–Crippen LogP) is 4.82. The minimum atomic E-state index is -0.559. The molecule has 0 radical (unpaired) electrons. The Balaban J connectivity index is 1.70. The van der Waals surface area contributed by atoms with Crippen molar-refractivity contribution in [3.05, 3.63) is 51.9 Å². The van der Waals surface area contributed by atoms with Crippen molar-refractivity contribution in [1.29, 1.82) is 0 Å². The van der Waals surface area contributed by atoms with Crippen molar-refractivity contribution in [2.24, 2.45) is 0 Å². The lowest BCUT2D eigenvalue weighted by molar-refractivity contribution is -0.127. The van der Waals surface area contributed by atoms with E-state index in [0.29, 0.717) is 46.7 Å². The first kappa shape index (κ1) is 24.5. The van der Waals surface area contributed by atoms with Crippen LogP contribution >= 0.6 is 23.4 Å². The molecule has 0 saturated carbocycles. The Hall–Kier alpha value is -3.17. The van der Waals surface area contributed by atoms with Gasteiger partial charge in [-0.15, -0.1) is 0 Å². The number of anilines is 1. The Bertz CT molecular complexity index is 1090. The molecule has 0 spiro atoms. The molecule has 0 aliphatic carbocycles. The van der Waals surface area contributed by atoms with E-state index in [1.165, 1.54) is 13.2 Å². The standard InChI is InChI=1S/C23H23ClN2O6S/c1-4-31-16-8-6-15(7-9-16)25-20(27)13-26-22(28)19(33-23(26)29)12-14-10-17(24)21(32-5-2)18(11-14)30-3/h6-12H,4-5,13H2,1-3H3,(H,25,27)/b19-12+. The van der Waals surface area contributed by atoms with Gasteiger partial charge < -0.3 is 19.5 Å². The molecule has 2 aromatic carbocycles. The number of carbonyl (C=O) groups excluding carboxylic acids is 3. The lowest BCUT2D eigenvalue weighted by Crippen LogP contribution is -2.36. The number of imide groups is 1. The van der Waals surface area contributed by atoms with Crippen molar-refractivity contribution in [3.8, 4) is 17.2 Å². The van der Waals surface area contributed by atoms with Gasteiger partial charge in [-0.05, 0) is 73.6 Å². The minimum Gasteiger partial charge on any atom is -0.494 e. The van der Waals surface area contributed by atoms with Crippen LogP contribution in [-0.2, 0) is 9.59 Å². The number of nitrogens with zero attached hydrogens (tertiary/aromatic N) is 1. The highest BCUT2D eigenvalue weighted by molar-refractivity contribution is 8.18. The number of hydrogen-bond acceptors (Lipinski definition) is 7. The average Bonchev–Trinajstić information content (AvgIpc) is 3.04. The highest BCUT2D eigenvalue weighted by Crippen LogP contribution is 2.39. The third kappa shape index (κ3) is 6.00. The van der Waals surface area contributed by atoms with E-state index < -0.39 is 23.6 Å².